The Labute approximate surface area is 127 Å². The van der Waals surface area contributed by atoms with Crippen LogP contribution >= 0.6 is 11.8 Å². The van der Waals surface area contributed by atoms with Crippen LogP contribution in [-0.4, -0.2) is 15.0 Å². The normalized spacial score (nSPS) is 11.4. The van der Waals surface area contributed by atoms with Crippen molar-refractivity contribution in [2.24, 2.45) is 0 Å². The summed E-state index contributed by atoms with van der Waals surface area (Å²) in [5.41, 5.74) is 9.81. The maximum atomic E-state index is 5.74. The fraction of sp³-hybridized carbons (Fsp3) is 0.267. The van der Waals surface area contributed by atoms with Gasteiger partial charge < -0.3 is 10.2 Å². The average molecular weight is 300 g/mol. The van der Waals surface area contributed by atoms with Gasteiger partial charge in [0, 0.05) is 34.9 Å². The number of nitrogens with zero attached hydrogens (tertiary/aromatic N) is 3. The summed E-state index contributed by atoms with van der Waals surface area (Å²) in [4.78, 5) is 13.4. The number of nitrogens with two attached hydrogens (primary N) is 1. The topological polar surface area (TPSA) is 77.8 Å². The third-order valence-corrected chi connectivity index (χ3v) is 3.73. The Kier molecular flexibility index (Phi) is 3.55. The summed E-state index contributed by atoms with van der Waals surface area (Å²) in [6.45, 7) is 6.18. The molecule has 0 bridgehead atoms. The fourth-order valence-electron chi connectivity index (χ4n) is 1.95. The Hall–Kier alpha value is -2.08. The standard InChI is InChI=1S/C15H16N4OS/c1-8(2)12-6-9(3)17-14(18-12)21-15-19-11-5-4-10(16)7-13(11)20-15/h4-8H,16H2,1-3H3. The quantitative estimate of drug-likeness (QED) is 0.586. The lowest BCUT2D eigenvalue weighted by molar-refractivity contribution is 0.488. The summed E-state index contributed by atoms with van der Waals surface area (Å²) < 4.78 is 5.68. The van der Waals surface area contributed by atoms with E-state index >= 15 is 0 Å². The molecule has 2 heterocycles. The van der Waals surface area contributed by atoms with E-state index < -0.39 is 0 Å². The second-order valence-corrected chi connectivity index (χ2v) is 6.10. The molecule has 3 rings (SSSR count). The second kappa shape index (κ2) is 5.37. The molecule has 21 heavy (non-hydrogen) atoms. The van der Waals surface area contributed by atoms with E-state index in [-0.39, 0.29) is 0 Å². The molecule has 0 spiro atoms. The van der Waals surface area contributed by atoms with E-state index in [1.807, 2.05) is 19.1 Å². The van der Waals surface area contributed by atoms with Gasteiger partial charge in [0.05, 0.1) is 0 Å². The first-order chi connectivity index (χ1) is 10.0. The molecule has 0 aliphatic carbocycles. The zero-order valence-electron chi connectivity index (χ0n) is 12.1. The van der Waals surface area contributed by atoms with Gasteiger partial charge in [-0.3, -0.25) is 0 Å². The summed E-state index contributed by atoms with van der Waals surface area (Å²) in [7, 11) is 0. The number of rotatable bonds is 3. The van der Waals surface area contributed by atoms with E-state index in [0.29, 0.717) is 27.6 Å². The maximum Gasteiger partial charge on any atom is 0.264 e. The third-order valence-electron chi connectivity index (χ3n) is 3.02. The van der Waals surface area contributed by atoms with E-state index in [1.165, 1.54) is 11.8 Å². The number of hydrogen-bond donors (Lipinski definition) is 1. The fourth-order valence-corrected chi connectivity index (χ4v) is 2.72. The molecule has 0 aliphatic rings. The van der Waals surface area contributed by atoms with Crippen molar-refractivity contribution in [3.8, 4) is 0 Å². The molecule has 2 N–H and O–H groups in total. The molecule has 0 saturated heterocycles. The predicted molar refractivity (Wildman–Crippen MR) is 83.4 cm³/mol. The average Bonchev–Trinajstić information content (AvgIpc) is 2.79. The lowest BCUT2D eigenvalue weighted by Crippen LogP contribution is -1.98. The van der Waals surface area contributed by atoms with Crippen molar-refractivity contribution >= 4 is 28.5 Å². The lowest BCUT2D eigenvalue weighted by Gasteiger charge is -2.06. The molecule has 1 aromatic carbocycles. The van der Waals surface area contributed by atoms with Crippen molar-refractivity contribution in [3.63, 3.8) is 0 Å². The van der Waals surface area contributed by atoms with Gasteiger partial charge in [-0.1, -0.05) is 13.8 Å². The Balaban J connectivity index is 1.94. The van der Waals surface area contributed by atoms with Gasteiger partial charge >= 0.3 is 0 Å². The predicted octanol–water partition coefficient (Wildman–Crippen LogP) is 3.78. The minimum Gasteiger partial charge on any atom is -0.431 e. The second-order valence-electron chi connectivity index (χ2n) is 5.18. The van der Waals surface area contributed by atoms with Crippen molar-refractivity contribution < 1.29 is 4.42 Å². The van der Waals surface area contributed by atoms with Crippen LogP contribution in [0.5, 0.6) is 0 Å². The number of aryl methyl sites for hydroxylation is 1. The van der Waals surface area contributed by atoms with Crippen molar-refractivity contribution in [2.45, 2.75) is 37.1 Å². The molecule has 2 aromatic heterocycles. The van der Waals surface area contributed by atoms with Gasteiger partial charge in [-0.15, -0.1) is 0 Å². The van der Waals surface area contributed by atoms with Crippen molar-refractivity contribution in [1.82, 2.24) is 15.0 Å². The summed E-state index contributed by atoms with van der Waals surface area (Å²) in [6, 6.07) is 7.42. The minimum atomic E-state index is 0.356. The molecule has 0 amide bonds. The summed E-state index contributed by atoms with van der Waals surface area (Å²) >= 11 is 1.32. The van der Waals surface area contributed by atoms with E-state index in [0.717, 1.165) is 16.9 Å². The van der Waals surface area contributed by atoms with Crippen LogP contribution in [-0.2, 0) is 0 Å². The SMILES string of the molecule is Cc1cc(C(C)C)nc(Sc2nc3ccc(N)cc3o2)n1. The monoisotopic (exact) mass is 300 g/mol. The Morgan fingerprint density at radius 1 is 1.14 bits per heavy atom. The van der Waals surface area contributed by atoms with Gasteiger partial charge in [0.1, 0.15) is 5.52 Å². The molecule has 0 radical (unpaired) electrons. The number of aromatic nitrogens is 3. The van der Waals surface area contributed by atoms with Crippen molar-refractivity contribution in [2.75, 3.05) is 5.73 Å². The minimum absolute atomic E-state index is 0.356. The van der Waals surface area contributed by atoms with E-state index in [2.05, 4.69) is 28.8 Å². The van der Waals surface area contributed by atoms with Crippen LogP contribution in [0, 0.1) is 6.92 Å². The molecule has 3 aromatic rings. The first kappa shape index (κ1) is 13.9. The Morgan fingerprint density at radius 2 is 1.95 bits per heavy atom. The molecule has 5 nitrogen and oxygen atoms in total. The number of fused-ring (bicyclic) bond motifs is 1. The molecule has 0 aliphatic heterocycles. The molecular weight excluding hydrogens is 284 g/mol. The number of benzene rings is 1. The molecule has 0 fully saturated rings. The van der Waals surface area contributed by atoms with Crippen LogP contribution in [0.25, 0.3) is 11.1 Å². The number of oxazole rings is 1. The van der Waals surface area contributed by atoms with Crippen LogP contribution in [0.1, 0.15) is 31.2 Å². The van der Waals surface area contributed by atoms with Gasteiger partial charge in [-0.2, -0.15) is 0 Å². The van der Waals surface area contributed by atoms with Gasteiger partial charge in [0.2, 0.25) is 0 Å². The van der Waals surface area contributed by atoms with Gasteiger partial charge in [0.15, 0.2) is 10.7 Å². The first-order valence-electron chi connectivity index (χ1n) is 6.71. The summed E-state index contributed by atoms with van der Waals surface area (Å²) in [5, 5.41) is 1.18. The summed E-state index contributed by atoms with van der Waals surface area (Å²) in [6.07, 6.45) is 0. The number of hydrogen-bond acceptors (Lipinski definition) is 6. The van der Waals surface area contributed by atoms with E-state index in [4.69, 9.17) is 10.2 Å². The highest BCUT2D eigenvalue weighted by Crippen LogP contribution is 2.29. The van der Waals surface area contributed by atoms with Crippen LogP contribution in [0.4, 0.5) is 5.69 Å². The molecule has 0 atom stereocenters. The Morgan fingerprint density at radius 3 is 2.71 bits per heavy atom. The highest BCUT2D eigenvalue weighted by Gasteiger charge is 2.12. The van der Waals surface area contributed by atoms with Crippen LogP contribution in [0.15, 0.2) is 39.1 Å². The van der Waals surface area contributed by atoms with Gasteiger partial charge in [0.25, 0.3) is 5.22 Å². The van der Waals surface area contributed by atoms with Crippen molar-refractivity contribution in [3.05, 3.63) is 35.7 Å². The van der Waals surface area contributed by atoms with Crippen LogP contribution in [0.2, 0.25) is 0 Å². The zero-order chi connectivity index (χ0) is 15.0. The smallest absolute Gasteiger partial charge is 0.264 e. The van der Waals surface area contributed by atoms with Gasteiger partial charge in [-0.25, -0.2) is 15.0 Å². The zero-order valence-corrected chi connectivity index (χ0v) is 12.9. The molecular formula is C15H16N4OS. The van der Waals surface area contributed by atoms with Crippen LogP contribution in [0.3, 0.4) is 0 Å². The van der Waals surface area contributed by atoms with E-state index in [1.54, 1.807) is 12.1 Å². The molecule has 108 valence electrons. The third kappa shape index (κ3) is 3.00. The van der Waals surface area contributed by atoms with Crippen molar-refractivity contribution in [1.29, 1.82) is 0 Å². The molecule has 6 heteroatoms. The van der Waals surface area contributed by atoms with Gasteiger partial charge in [-0.05, 0) is 31.0 Å². The largest absolute Gasteiger partial charge is 0.431 e. The number of nitrogen functional groups attached to an aromatic ring is 1. The lowest BCUT2D eigenvalue weighted by atomic mass is 10.1. The highest BCUT2D eigenvalue weighted by molar-refractivity contribution is 7.98. The number of anilines is 1. The van der Waals surface area contributed by atoms with Crippen LogP contribution < -0.4 is 5.73 Å². The Bertz CT molecular complexity index is 797. The highest BCUT2D eigenvalue weighted by atomic mass is 32.2. The van der Waals surface area contributed by atoms with E-state index in [9.17, 15) is 0 Å². The molecule has 0 saturated carbocycles. The first-order valence-corrected chi connectivity index (χ1v) is 7.52. The summed E-state index contributed by atoms with van der Waals surface area (Å²) in [5.74, 6) is 0.356. The molecule has 0 unspecified atom stereocenters. The maximum absolute atomic E-state index is 5.74.